The Labute approximate surface area is 181 Å². The highest BCUT2D eigenvalue weighted by Gasteiger charge is 2.25. The van der Waals surface area contributed by atoms with Crippen LogP contribution in [0.3, 0.4) is 0 Å². The first-order valence-corrected chi connectivity index (χ1v) is 12.0. The molecule has 1 aromatic heterocycles. The van der Waals surface area contributed by atoms with Crippen molar-refractivity contribution < 1.29 is 9.21 Å². The summed E-state index contributed by atoms with van der Waals surface area (Å²) in [7, 11) is 0. The lowest BCUT2D eigenvalue weighted by atomic mass is 9.96. The predicted octanol–water partition coefficient (Wildman–Crippen LogP) is 3.69. The summed E-state index contributed by atoms with van der Waals surface area (Å²) in [5.74, 6) is 3.17. The van der Waals surface area contributed by atoms with E-state index in [-0.39, 0.29) is 11.9 Å². The number of unbranched alkanes of at least 4 members (excludes halogenated alkanes) is 1. The number of oxazole rings is 1. The van der Waals surface area contributed by atoms with Gasteiger partial charge in [-0.25, -0.2) is 4.98 Å². The molecule has 4 rings (SSSR count). The number of amides is 1. The fourth-order valence-electron chi connectivity index (χ4n) is 4.14. The SMILES string of the molecule is N[C@@H](CCCCN1CCC(c2nc3cc(Cl)ccc3o2)CC1)C(=O)N1CCSC1. The minimum atomic E-state index is -0.341. The zero-order chi connectivity index (χ0) is 20.2. The third-order valence-electron chi connectivity index (χ3n) is 5.92. The maximum absolute atomic E-state index is 12.3. The molecule has 2 aliphatic heterocycles. The molecule has 2 fully saturated rings. The molecule has 0 aliphatic carbocycles. The Morgan fingerprint density at radius 1 is 1.31 bits per heavy atom. The molecule has 2 aliphatic rings. The van der Waals surface area contributed by atoms with E-state index in [9.17, 15) is 4.79 Å². The largest absolute Gasteiger partial charge is 0.440 e. The van der Waals surface area contributed by atoms with Gasteiger partial charge in [-0.3, -0.25) is 4.79 Å². The van der Waals surface area contributed by atoms with E-state index in [2.05, 4.69) is 9.88 Å². The number of hydrogen-bond donors (Lipinski definition) is 1. The van der Waals surface area contributed by atoms with Gasteiger partial charge in [0.1, 0.15) is 5.52 Å². The highest BCUT2D eigenvalue weighted by atomic mass is 35.5. The normalized spacial score (nSPS) is 19.9. The van der Waals surface area contributed by atoms with Gasteiger partial charge in [0.05, 0.1) is 11.9 Å². The van der Waals surface area contributed by atoms with E-state index in [0.29, 0.717) is 10.9 Å². The van der Waals surface area contributed by atoms with Gasteiger partial charge in [0, 0.05) is 23.2 Å². The fraction of sp³-hybridized carbons (Fsp3) is 0.619. The molecule has 158 valence electrons. The van der Waals surface area contributed by atoms with E-state index in [1.807, 2.05) is 23.1 Å². The van der Waals surface area contributed by atoms with E-state index in [1.165, 1.54) is 0 Å². The quantitative estimate of drug-likeness (QED) is 0.667. The van der Waals surface area contributed by atoms with E-state index < -0.39 is 0 Å². The van der Waals surface area contributed by atoms with E-state index in [0.717, 1.165) is 86.9 Å². The summed E-state index contributed by atoms with van der Waals surface area (Å²) < 4.78 is 5.95. The summed E-state index contributed by atoms with van der Waals surface area (Å²) in [5.41, 5.74) is 7.75. The Bertz CT molecular complexity index is 831. The molecule has 29 heavy (non-hydrogen) atoms. The highest BCUT2D eigenvalue weighted by Crippen LogP contribution is 2.31. The van der Waals surface area contributed by atoms with Crippen molar-refractivity contribution in [3.8, 4) is 0 Å². The third-order valence-corrected chi connectivity index (χ3v) is 7.12. The molecule has 0 radical (unpaired) electrons. The van der Waals surface area contributed by atoms with E-state index in [4.69, 9.17) is 21.8 Å². The molecule has 0 spiro atoms. The van der Waals surface area contributed by atoms with Crippen LogP contribution < -0.4 is 5.73 Å². The summed E-state index contributed by atoms with van der Waals surface area (Å²) >= 11 is 7.85. The van der Waals surface area contributed by atoms with Gasteiger partial charge in [-0.05, 0) is 63.5 Å². The van der Waals surface area contributed by atoms with Crippen LogP contribution in [0.5, 0.6) is 0 Å². The lowest BCUT2D eigenvalue weighted by molar-refractivity contribution is -0.131. The maximum atomic E-state index is 12.3. The van der Waals surface area contributed by atoms with Crippen molar-refractivity contribution in [3.05, 3.63) is 29.1 Å². The molecule has 8 heteroatoms. The van der Waals surface area contributed by atoms with Gasteiger partial charge in [0.25, 0.3) is 0 Å². The zero-order valence-corrected chi connectivity index (χ0v) is 18.3. The Kier molecular flexibility index (Phi) is 7.00. The third kappa shape index (κ3) is 5.26. The number of fused-ring (bicyclic) bond motifs is 1. The van der Waals surface area contributed by atoms with Crippen molar-refractivity contribution in [2.24, 2.45) is 5.73 Å². The minimum absolute atomic E-state index is 0.121. The van der Waals surface area contributed by atoms with Crippen molar-refractivity contribution in [3.63, 3.8) is 0 Å². The summed E-state index contributed by atoms with van der Waals surface area (Å²) in [6.07, 6.45) is 4.99. The van der Waals surface area contributed by atoms with Crippen molar-refractivity contribution in [1.29, 1.82) is 0 Å². The van der Waals surface area contributed by atoms with Crippen molar-refractivity contribution >= 4 is 40.4 Å². The molecule has 1 aromatic carbocycles. The van der Waals surface area contributed by atoms with Crippen LogP contribution in [-0.4, -0.2) is 64.5 Å². The number of piperidine rings is 1. The number of rotatable bonds is 7. The first-order valence-electron chi connectivity index (χ1n) is 10.5. The highest BCUT2D eigenvalue weighted by molar-refractivity contribution is 7.99. The number of thioether (sulfide) groups is 1. The average molecular weight is 437 g/mol. The number of nitrogens with two attached hydrogens (primary N) is 1. The van der Waals surface area contributed by atoms with Crippen LogP contribution in [0.2, 0.25) is 5.02 Å². The van der Waals surface area contributed by atoms with Crippen molar-refractivity contribution in [1.82, 2.24) is 14.8 Å². The van der Waals surface area contributed by atoms with Gasteiger partial charge in [-0.1, -0.05) is 18.0 Å². The smallest absolute Gasteiger partial charge is 0.240 e. The number of carbonyl (C=O) groups excluding carboxylic acids is 1. The van der Waals surface area contributed by atoms with Crippen LogP contribution >= 0.6 is 23.4 Å². The Balaban J connectivity index is 1.16. The van der Waals surface area contributed by atoms with Gasteiger partial charge in [0.2, 0.25) is 5.91 Å². The summed E-state index contributed by atoms with van der Waals surface area (Å²) in [6, 6.07) is 5.25. The van der Waals surface area contributed by atoms with Gasteiger partial charge in [0.15, 0.2) is 11.5 Å². The van der Waals surface area contributed by atoms with Crippen LogP contribution in [-0.2, 0) is 4.79 Å². The number of carbonyl (C=O) groups is 1. The predicted molar refractivity (Wildman–Crippen MR) is 118 cm³/mol. The van der Waals surface area contributed by atoms with Crippen LogP contribution in [0.4, 0.5) is 0 Å². The van der Waals surface area contributed by atoms with Crippen LogP contribution in [0.25, 0.3) is 11.1 Å². The first kappa shape index (κ1) is 21.0. The van der Waals surface area contributed by atoms with Gasteiger partial charge < -0.3 is 20.0 Å². The van der Waals surface area contributed by atoms with Gasteiger partial charge in [-0.15, -0.1) is 11.8 Å². The molecule has 2 aromatic rings. The molecule has 1 atom stereocenters. The molecule has 2 N–H and O–H groups in total. The molecule has 1 amide bonds. The van der Waals surface area contributed by atoms with Crippen molar-refractivity contribution in [2.75, 3.05) is 37.8 Å². The maximum Gasteiger partial charge on any atom is 0.240 e. The number of nitrogens with zero attached hydrogens (tertiary/aromatic N) is 3. The summed E-state index contributed by atoms with van der Waals surface area (Å²) in [6.45, 7) is 4.02. The molecule has 3 heterocycles. The first-order chi connectivity index (χ1) is 14.1. The zero-order valence-electron chi connectivity index (χ0n) is 16.7. The molecule has 0 unspecified atom stereocenters. The molecule has 0 bridgehead atoms. The summed E-state index contributed by atoms with van der Waals surface area (Å²) in [4.78, 5) is 21.3. The Morgan fingerprint density at radius 3 is 2.90 bits per heavy atom. The molecule has 6 nitrogen and oxygen atoms in total. The molecule has 0 saturated carbocycles. The van der Waals surface area contributed by atoms with Gasteiger partial charge >= 0.3 is 0 Å². The molecule has 2 saturated heterocycles. The number of aromatic nitrogens is 1. The Hall–Kier alpha value is -1.28. The van der Waals surface area contributed by atoms with E-state index >= 15 is 0 Å². The fourth-order valence-corrected chi connectivity index (χ4v) is 5.26. The second-order valence-corrected chi connectivity index (χ2v) is 9.53. The number of halogens is 1. The van der Waals surface area contributed by atoms with Crippen LogP contribution in [0.15, 0.2) is 22.6 Å². The number of benzene rings is 1. The second-order valence-electron chi connectivity index (χ2n) is 8.02. The number of likely N-dealkylation sites (tertiary alicyclic amines) is 1. The van der Waals surface area contributed by atoms with Crippen LogP contribution in [0, 0.1) is 0 Å². The topological polar surface area (TPSA) is 75.6 Å². The Morgan fingerprint density at radius 2 is 2.14 bits per heavy atom. The van der Waals surface area contributed by atoms with Crippen LogP contribution in [0.1, 0.15) is 43.9 Å². The molecular formula is C21H29ClN4O2S. The second kappa shape index (κ2) is 9.69. The number of hydrogen-bond acceptors (Lipinski definition) is 6. The monoisotopic (exact) mass is 436 g/mol. The van der Waals surface area contributed by atoms with Crippen molar-refractivity contribution in [2.45, 2.75) is 44.1 Å². The van der Waals surface area contributed by atoms with E-state index in [1.54, 1.807) is 11.8 Å². The van der Waals surface area contributed by atoms with Gasteiger partial charge in [-0.2, -0.15) is 0 Å². The lowest BCUT2D eigenvalue weighted by Crippen LogP contribution is -2.42. The molecular weight excluding hydrogens is 408 g/mol. The standard InChI is InChI=1S/C21H29ClN4O2S/c22-16-4-5-19-18(13-16)24-20(28-19)15-6-9-25(10-7-15)8-2-1-3-17(23)21(27)26-11-12-29-14-26/h4-5,13,15,17H,1-3,6-12,14,23H2/t17-/m0/s1. The lowest BCUT2D eigenvalue weighted by Gasteiger charge is -2.30. The minimum Gasteiger partial charge on any atom is -0.440 e. The average Bonchev–Trinajstić information content (AvgIpc) is 3.40. The summed E-state index contributed by atoms with van der Waals surface area (Å²) in [5, 5.41) is 0.688.